The standard InChI is InChI=1S/C24H28N2O4/c27-24(25-20-10-18-8-9-26(12-18)13-20)19-6-7-22-23(11-19)30-21(16-29-22)15-28-14-17-4-2-1-3-5-17/h1-7,11,18,20-21H,8-10,12-16H2,(H,25,27)/t18-,20-,21-/m0/s1. The van der Waals surface area contributed by atoms with Crippen LogP contribution in [0.4, 0.5) is 0 Å². The molecule has 5 rings (SSSR count). The number of carbonyl (C=O) groups is 1. The number of amides is 1. The summed E-state index contributed by atoms with van der Waals surface area (Å²) in [4.78, 5) is 15.2. The molecule has 0 aliphatic carbocycles. The number of piperidine rings is 1. The lowest BCUT2D eigenvalue weighted by atomic mass is 9.96. The molecule has 158 valence electrons. The Morgan fingerprint density at radius 3 is 2.90 bits per heavy atom. The third-order valence-electron chi connectivity index (χ3n) is 6.14. The van der Waals surface area contributed by atoms with Crippen LogP contribution in [0.2, 0.25) is 0 Å². The average Bonchev–Trinajstić information content (AvgIpc) is 3.12. The first-order valence-electron chi connectivity index (χ1n) is 10.8. The average molecular weight is 408 g/mol. The summed E-state index contributed by atoms with van der Waals surface area (Å²) in [5.41, 5.74) is 1.73. The van der Waals surface area contributed by atoms with E-state index in [9.17, 15) is 4.79 Å². The van der Waals surface area contributed by atoms with E-state index < -0.39 is 0 Å². The maximum atomic E-state index is 12.8. The Morgan fingerprint density at radius 2 is 2.03 bits per heavy atom. The first kappa shape index (κ1) is 19.4. The lowest BCUT2D eigenvalue weighted by molar-refractivity contribution is 0.00267. The predicted molar refractivity (Wildman–Crippen MR) is 113 cm³/mol. The van der Waals surface area contributed by atoms with Crippen molar-refractivity contribution in [3.8, 4) is 11.5 Å². The number of benzene rings is 2. The number of nitrogens with zero attached hydrogens (tertiary/aromatic N) is 1. The van der Waals surface area contributed by atoms with Gasteiger partial charge in [0.05, 0.1) is 13.2 Å². The van der Waals surface area contributed by atoms with E-state index in [4.69, 9.17) is 14.2 Å². The van der Waals surface area contributed by atoms with Gasteiger partial charge in [-0.25, -0.2) is 0 Å². The van der Waals surface area contributed by atoms with Gasteiger partial charge in [0, 0.05) is 24.7 Å². The van der Waals surface area contributed by atoms with Crippen molar-refractivity contribution < 1.29 is 19.0 Å². The summed E-state index contributed by atoms with van der Waals surface area (Å²) in [6.07, 6.45) is 2.14. The Bertz CT molecular complexity index is 876. The summed E-state index contributed by atoms with van der Waals surface area (Å²) >= 11 is 0. The van der Waals surface area contributed by atoms with Crippen LogP contribution in [-0.2, 0) is 11.3 Å². The number of carbonyl (C=O) groups excluding carboxylic acids is 1. The van der Waals surface area contributed by atoms with Crippen LogP contribution in [0, 0.1) is 5.92 Å². The minimum atomic E-state index is -0.193. The molecule has 4 atom stereocenters. The molecule has 2 fully saturated rings. The highest BCUT2D eigenvalue weighted by Crippen LogP contribution is 2.33. The lowest BCUT2D eigenvalue weighted by Gasteiger charge is -2.30. The minimum Gasteiger partial charge on any atom is -0.486 e. The molecular weight excluding hydrogens is 380 g/mol. The van der Waals surface area contributed by atoms with E-state index in [0.717, 1.165) is 31.0 Å². The molecule has 1 amide bonds. The van der Waals surface area contributed by atoms with Crippen LogP contribution in [-0.4, -0.2) is 55.8 Å². The van der Waals surface area contributed by atoms with E-state index in [1.807, 2.05) is 42.5 Å². The van der Waals surface area contributed by atoms with Crippen molar-refractivity contribution in [1.29, 1.82) is 0 Å². The highest BCUT2D eigenvalue weighted by atomic mass is 16.6. The van der Waals surface area contributed by atoms with E-state index in [1.165, 1.54) is 13.0 Å². The van der Waals surface area contributed by atoms with Gasteiger partial charge in [-0.3, -0.25) is 4.79 Å². The summed E-state index contributed by atoms with van der Waals surface area (Å²) in [5, 5.41) is 3.20. The Labute approximate surface area is 177 Å². The van der Waals surface area contributed by atoms with Crippen LogP contribution < -0.4 is 14.8 Å². The largest absolute Gasteiger partial charge is 0.486 e. The molecule has 2 aromatic rings. The fourth-order valence-corrected chi connectivity index (χ4v) is 4.65. The van der Waals surface area contributed by atoms with Crippen LogP contribution in [0.1, 0.15) is 28.8 Å². The van der Waals surface area contributed by atoms with E-state index in [1.54, 1.807) is 6.07 Å². The first-order chi connectivity index (χ1) is 14.7. The van der Waals surface area contributed by atoms with Crippen molar-refractivity contribution in [3.63, 3.8) is 0 Å². The number of rotatable bonds is 6. The molecule has 1 N–H and O–H groups in total. The van der Waals surface area contributed by atoms with Crippen LogP contribution in [0.25, 0.3) is 0 Å². The van der Waals surface area contributed by atoms with Crippen LogP contribution in [0.5, 0.6) is 11.5 Å². The number of ether oxygens (including phenoxy) is 3. The van der Waals surface area contributed by atoms with Gasteiger partial charge >= 0.3 is 0 Å². The second-order valence-electron chi connectivity index (χ2n) is 8.53. The summed E-state index contributed by atoms with van der Waals surface area (Å²) < 4.78 is 17.7. The van der Waals surface area contributed by atoms with Crippen molar-refractivity contribution in [2.24, 2.45) is 5.92 Å². The smallest absolute Gasteiger partial charge is 0.251 e. The highest BCUT2D eigenvalue weighted by molar-refractivity contribution is 5.95. The molecule has 1 unspecified atom stereocenters. The van der Waals surface area contributed by atoms with Crippen LogP contribution in [0.15, 0.2) is 48.5 Å². The fourth-order valence-electron chi connectivity index (χ4n) is 4.65. The third kappa shape index (κ3) is 4.45. The molecule has 3 aliphatic rings. The molecule has 6 heteroatoms. The zero-order valence-corrected chi connectivity index (χ0v) is 17.1. The van der Waals surface area contributed by atoms with E-state index in [0.29, 0.717) is 36.9 Å². The van der Waals surface area contributed by atoms with Gasteiger partial charge in [-0.05, 0) is 49.1 Å². The summed E-state index contributed by atoms with van der Waals surface area (Å²) in [6, 6.07) is 15.7. The predicted octanol–water partition coefficient (Wildman–Crippen LogP) is 2.87. The van der Waals surface area contributed by atoms with Crippen molar-refractivity contribution in [2.45, 2.75) is 31.6 Å². The molecule has 2 saturated heterocycles. The first-order valence-corrected chi connectivity index (χ1v) is 10.8. The Balaban J connectivity index is 1.16. The van der Waals surface area contributed by atoms with Gasteiger partial charge < -0.3 is 24.4 Å². The maximum Gasteiger partial charge on any atom is 0.251 e. The van der Waals surface area contributed by atoms with E-state index >= 15 is 0 Å². The highest BCUT2D eigenvalue weighted by Gasteiger charge is 2.33. The van der Waals surface area contributed by atoms with Gasteiger partial charge in [0.15, 0.2) is 17.6 Å². The van der Waals surface area contributed by atoms with E-state index in [-0.39, 0.29) is 18.1 Å². The number of nitrogens with one attached hydrogen (secondary N) is 1. The molecular formula is C24H28N2O4. The lowest BCUT2D eigenvalue weighted by Crippen LogP contribution is -2.47. The second-order valence-corrected chi connectivity index (χ2v) is 8.53. The molecule has 3 heterocycles. The molecule has 0 radical (unpaired) electrons. The SMILES string of the molecule is O=C(N[C@H]1C[C@@H]2CCN(C2)C1)c1ccc2c(c1)O[C@@H](COCc1ccccc1)CO2. The Kier molecular flexibility index (Phi) is 5.60. The Morgan fingerprint density at radius 1 is 1.13 bits per heavy atom. The molecule has 0 spiro atoms. The van der Waals surface area contributed by atoms with Gasteiger partial charge in [-0.1, -0.05) is 30.3 Å². The normalized spacial score (nSPS) is 26.9. The van der Waals surface area contributed by atoms with Crippen molar-refractivity contribution >= 4 is 5.91 Å². The number of hydrogen-bond acceptors (Lipinski definition) is 5. The van der Waals surface area contributed by atoms with Crippen molar-refractivity contribution in [2.75, 3.05) is 32.8 Å². The van der Waals surface area contributed by atoms with Crippen molar-refractivity contribution in [3.05, 3.63) is 59.7 Å². The van der Waals surface area contributed by atoms with Crippen molar-refractivity contribution in [1.82, 2.24) is 10.2 Å². The van der Waals surface area contributed by atoms with Gasteiger partial charge in [0.2, 0.25) is 0 Å². The molecule has 3 aliphatic heterocycles. The molecule has 2 bridgehead atoms. The topological polar surface area (TPSA) is 60.0 Å². The summed E-state index contributed by atoms with van der Waals surface area (Å²) in [6.45, 7) is 4.71. The quantitative estimate of drug-likeness (QED) is 0.797. The van der Waals surface area contributed by atoms with Gasteiger partial charge in [0.1, 0.15) is 6.61 Å². The van der Waals surface area contributed by atoms with Gasteiger partial charge in [-0.15, -0.1) is 0 Å². The monoisotopic (exact) mass is 408 g/mol. The van der Waals surface area contributed by atoms with Gasteiger partial charge in [0.25, 0.3) is 5.91 Å². The molecule has 2 aromatic carbocycles. The zero-order valence-electron chi connectivity index (χ0n) is 17.1. The van der Waals surface area contributed by atoms with Crippen LogP contribution >= 0.6 is 0 Å². The second kappa shape index (κ2) is 8.66. The number of hydrogen-bond donors (Lipinski definition) is 1. The molecule has 6 nitrogen and oxygen atoms in total. The fraction of sp³-hybridized carbons (Fsp3) is 0.458. The van der Waals surface area contributed by atoms with E-state index in [2.05, 4.69) is 10.2 Å². The third-order valence-corrected chi connectivity index (χ3v) is 6.14. The van der Waals surface area contributed by atoms with Crippen LogP contribution in [0.3, 0.4) is 0 Å². The molecule has 30 heavy (non-hydrogen) atoms. The number of fused-ring (bicyclic) bond motifs is 3. The Hall–Kier alpha value is -2.57. The molecule has 0 aromatic heterocycles. The summed E-state index contributed by atoms with van der Waals surface area (Å²) in [5.74, 6) is 1.96. The van der Waals surface area contributed by atoms with Gasteiger partial charge in [-0.2, -0.15) is 0 Å². The maximum absolute atomic E-state index is 12.8. The summed E-state index contributed by atoms with van der Waals surface area (Å²) in [7, 11) is 0. The molecule has 0 saturated carbocycles. The minimum absolute atomic E-state index is 0.0450. The zero-order chi connectivity index (χ0) is 20.3.